The highest BCUT2D eigenvalue weighted by Gasteiger charge is 1.98. The number of rotatable bonds is 2. The van der Waals surface area contributed by atoms with Gasteiger partial charge in [-0.25, -0.2) is 0 Å². The molecule has 0 radical (unpaired) electrons. The van der Waals surface area contributed by atoms with Gasteiger partial charge in [-0.15, -0.1) is 0 Å². The van der Waals surface area contributed by atoms with Crippen LogP contribution in [-0.4, -0.2) is 5.25 Å². The van der Waals surface area contributed by atoms with E-state index in [-0.39, 0.29) is 5.25 Å². The third-order valence-electron chi connectivity index (χ3n) is 1.21. The molecule has 0 fully saturated rings. The summed E-state index contributed by atoms with van der Waals surface area (Å²) in [6.45, 7) is 7.45. The van der Waals surface area contributed by atoms with Crippen molar-refractivity contribution in [1.29, 1.82) is 0 Å². The van der Waals surface area contributed by atoms with Crippen molar-refractivity contribution in [2.24, 2.45) is 5.73 Å². The Balaban J connectivity index is 4.27. The van der Waals surface area contributed by atoms with Gasteiger partial charge in [0.2, 0.25) is 0 Å². The fourth-order valence-corrected chi connectivity index (χ4v) is 0.651. The predicted molar refractivity (Wildman–Crippen MR) is 45.5 cm³/mol. The molecule has 0 aromatic heterocycles. The minimum atomic E-state index is 0.128. The summed E-state index contributed by atoms with van der Waals surface area (Å²) in [5.74, 6) is 0. The summed E-state index contributed by atoms with van der Waals surface area (Å²) < 4.78 is 0. The molecule has 2 N–H and O–H groups in total. The van der Waals surface area contributed by atoms with Crippen molar-refractivity contribution in [2.75, 3.05) is 0 Å². The van der Waals surface area contributed by atoms with Gasteiger partial charge < -0.3 is 5.73 Å². The molecule has 0 aliphatic carbocycles. The van der Waals surface area contributed by atoms with E-state index in [1.807, 2.05) is 13.8 Å². The van der Waals surface area contributed by atoms with Crippen LogP contribution in [0.4, 0.5) is 0 Å². The molecular formula is C7H13NS. The van der Waals surface area contributed by atoms with E-state index >= 15 is 0 Å². The van der Waals surface area contributed by atoms with Crippen LogP contribution in [-0.2, 0) is 0 Å². The highest BCUT2D eigenvalue weighted by Crippen LogP contribution is 2.07. The molecule has 0 aliphatic rings. The van der Waals surface area contributed by atoms with E-state index in [0.717, 1.165) is 11.3 Å². The average Bonchev–Trinajstić information content (AvgIpc) is 1.84. The van der Waals surface area contributed by atoms with E-state index in [4.69, 9.17) is 5.73 Å². The first-order valence-electron chi connectivity index (χ1n) is 2.86. The largest absolute Gasteiger partial charge is 0.401 e. The second-order valence-electron chi connectivity index (χ2n) is 2.02. The van der Waals surface area contributed by atoms with Gasteiger partial charge in [0.1, 0.15) is 0 Å². The van der Waals surface area contributed by atoms with Crippen LogP contribution in [0.15, 0.2) is 23.9 Å². The van der Waals surface area contributed by atoms with E-state index in [9.17, 15) is 0 Å². The molecule has 9 heavy (non-hydrogen) atoms. The van der Waals surface area contributed by atoms with E-state index in [2.05, 4.69) is 19.2 Å². The van der Waals surface area contributed by atoms with Gasteiger partial charge >= 0.3 is 0 Å². The zero-order chi connectivity index (χ0) is 7.44. The molecule has 2 heteroatoms. The number of thiol groups is 1. The maximum absolute atomic E-state index is 5.60. The monoisotopic (exact) mass is 143 g/mol. The Morgan fingerprint density at radius 3 is 2.33 bits per heavy atom. The molecule has 0 amide bonds. The lowest BCUT2D eigenvalue weighted by Crippen LogP contribution is -2.09. The quantitative estimate of drug-likeness (QED) is 0.447. The Labute approximate surface area is 62.0 Å². The third kappa shape index (κ3) is 2.61. The van der Waals surface area contributed by atoms with Crippen LogP contribution >= 0.6 is 12.6 Å². The number of hydrogen-bond acceptors (Lipinski definition) is 2. The molecule has 0 saturated carbocycles. The van der Waals surface area contributed by atoms with Gasteiger partial charge in [-0.05, 0) is 19.4 Å². The van der Waals surface area contributed by atoms with Crippen LogP contribution in [0.3, 0.4) is 0 Å². The maximum Gasteiger partial charge on any atom is 0.0387 e. The Morgan fingerprint density at radius 1 is 1.78 bits per heavy atom. The van der Waals surface area contributed by atoms with Gasteiger partial charge in [0, 0.05) is 10.9 Å². The number of allylic oxidation sites excluding steroid dienone is 2. The van der Waals surface area contributed by atoms with Crippen molar-refractivity contribution in [3.05, 3.63) is 23.9 Å². The van der Waals surface area contributed by atoms with Crippen LogP contribution in [0.2, 0.25) is 0 Å². The molecule has 0 aromatic carbocycles. The summed E-state index contributed by atoms with van der Waals surface area (Å²) in [7, 11) is 0. The zero-order valence-corrected chi connectivity index (χ0v) is 6.78. The normalized spacial score (nSPS) is 16.3. The fraction of sp³-hybridized carbons (Fsp3) is 0.429. The molecular weight excluding hydrogens is 130 g/mol. The van der Waals surface area contributed by atoms with Crippen molar-refractivity contribution < 1.29 is 0 Å². The molecule has 0 aromatic rings. The highest BCUT2D eigenvalue weighted by molar-refractivity contribution is 7.81. The van der Waals surface area contributed by atoms with Crippen LogP contribution < -0.4 is 5.73 Å². The standard InChI is InChI=1S/C7H13NS/c1-4-5(2)7(8)6(3)9/h4,6,9H,1,8H2,2-3H3/b7-5+. The van der Waals surface area contributed by atoms with Gasteiger partial charge in [0.25, 0.3) is 0 Å². The minimum Gasteiger partial charge on any atom is -0.401 e. The van der Waals surface area contributed by atoms with Gasteiger partial charge in [0.05, 0.1) is 0 Å². The van der Waals surface area contributed by atoms with Crippen molar-refractivity contribution in [3.8, 4) is 0 Å². The minimum absolute atomic E-state index is 0.128. The second kappa shape index (κ2) is 3.62. The summed E-state index contributed by atoms with van der Waals surface area (Å²) in [5.41, 5.74) is 7.41. The molecule has 0 spiro atoms. The Morgan fingerprint density at radius 2 is 2.22 bits per heavy atom. The van der Waals surface area contributed by atoms with Crippen molar-refractivity contribution in [2.45, 2.75) is 19.1 Å². The molecule has 0 aliphatic heterocycles. The molecule has 0 heterocycles. The van der Waals surface area contributed by atoms with Crippen LogP contribution in [0, 0.1) is 0 Å². The molecule has 0 saturated heterocycles. The van der Waals surface area contributed by atoms with Gasteiger partial charge in [-0.1, -0.05) is 12.7 Å². The first-order valence-corrected chi connectivity index (χ1v) is 3.38. The molecule has 52 valence electrons. The third-order valence-corrected chi connectivity index (χ3v) is 1.49. The summed E-state index contributed by atoms with van der Waals surface area (Å²) in [6, 6.07) is 0. The average molecular weight is 143 g/mol. The molecule has 1 atom stereocenters. The SMILES string of the molecule is C=C/C(C)=C(/N)C(C)S. The Kier molecular flexibility index (Phi) is 3.47. The van der Waals surface area contributed by atoms with Crippen molar-refractivity contribution in [3.63, 3.8) is 0 Å². The summed E-state index contributed by atoms with van der Waals surface area (Å²) in [6.07, 6.45) is 1.74. The maximum atomic E-state index is 5.60. The molecule has 1 nitrogen and oxygen atoms in total. The van der Waals surface area contributed by atoms with Crippen molar-refractivity contribution >= 4 is 12.6 Å². The summed E-state index contributed by atoms with van der Waals surface area (Å²) >= 11 is 4.16. The topological polar surface area (TPSA) is 26.0 Å². The summed E-state index contributed by atoms with van der Waals surface area (Å²) in [5, 5.41) is 0.128. The predicted octanol–water partition coefficient (Wildman–Crippen LogP) is 1.72. The lowest BCUT2D eigenvalue weighted by atomic mass is 10.2. The smallest absolute Gasteiger partial charge is 0.0387 e. The first-order chi connectivity index (χ1) is 4.09. The van der Waals surface area contributed by atoms with Crippen LogP contribution in [0.5, 0.6) is 0 Å². The van der Waals surface area contributed by atoms with E-state index in [1.54, 1.807) is 6.08 Å². The molecule has 0 rings (SSSR count). The van der Waals surface area contributed by atoms with E-state index in [1.165, 1.54) is 0 Å². The van der Waals surface area contributed by atoms with E-state index in [0.29, 0.717) is 0 Å². The highest BCUT2D eigenvalue weighted by atomic mass is 32.1. The van der Waals surface area contributed by atoms with Gasteiger partial charge in [0.15, 0.2) is 0 Å². The van der Waals surface area contributed by atoms with Gasteiger partial charge in [-0.3, -0.25) is 0 Å². The van der Waals surface area contributed by atoms with Crippen LogP contribution in [0.1, 0.15) is 13.8 Å². The zero-order valence-electron chi connectivity index (χ0n) is 5.89. The molecule has 1 unspecified atom stereocenters. The van der Waals surface area contributed by atoms with Crippen LogP contribution in [0.25, 0.3) is 0 Å². The molecule has 0 bridgehead atoms. The number of nitrogens with two attached hydrogens (primary N) is 1. The fourth-order valence-electron chi connectivity index (χ4n) is 0.447. The first kappa shape index (κ1) is 8.63. The lowest BCUT2D eigenvalue weighted by Gasteiger charge is -2.05. The number of hydrogen-bond donors (Lipinski definition) is 2. The summed E-state index contributed by atoms with van der Waals surface area (Å²) in [4.78, 5) is 0. The second-order valence-corrected chi connectivity index (χ2v) is 2.79. The Hall–Kier alpha value is -0.370. The van der Waals surface area contributed by atoms with E-state index < -0.39 is 0 Å². The lowest BCUT2D eigenvalue weighted by molar-refractivity contribution is 1.07. The van der Waals surface area contributed by atoms with Gasteiger partial charge in [-0.2, -0.15) is 12.6 Å². The van der Waals surface area contributed by atoms with Crippen molar-refractivity contribution in [1.82, 2.24) is 0 Å². The Bertz CT molecular complexity index is 136.